The Morgan fingerprint density at radius 1 is 1.35 bits per heavy atom. The van der Waals surface area contributed by atoms with E-state index in [9.17, 15) is 4.79 Å². The summed E-state index contributed by atoms with van der Waals surface area (Å²) in [4.78, 5) is 14.7. The van der Waals surface area contributed by atoms with Crippen LogP contribution in [0.4, 0.5) is 0 Å². The van der Waals surface area contributed by atoms with Crippen LogP contribution in [0.15, 0.2) is 30.3 Å². The zero-order chi connectivity index (χ0) is 17.6. The SMILES string of the molecule is CC(C)C(C)(CN)NC(=O)CC1CN(Cc2ccccc2)CCO1.Cl.Cl. The van der Waals surface area contributed by atoms with Gasteiger partial charge in [-0.3, -0.25) is 9.69 Å². The number of morpholine rings is 1. The van der Waals surface area contributed by atoms with Crippen molar-refractivity contribution in [1.82, 2.24) is 10.2 Å². The van der Waals surface area contributed by atoms with Gasteiger partial charge in [0.25, 0.3) is 0 Å². The number of benzene rings is 1. The molecule has 0 radical (unpaired) electrons. The average molecular weight is 406 g/mol. The lowest BCUT2D eigenvalue weighted by molar-refractivity contribution is -0.128. The van der Waals surface area contributed by atoms with Crippen LogP contribution in [0.5, 0.6) is 0 Å². The van der Waals surface area contributed by atoms with Gasteiger partial charge in [-0.05, 0) is 18.4 Å². The van der Waals surface area contributed by atoms with Crippen molar-refractivity contribution < 1.29 is 9.53 Å². The summed E-state index contributed by atoms with van der Waals surface area (Å²) in [5.41, 5.74) is 6.77. The lowest BCUT2D eigenvalue weighted by atomic mass is 9.88. The molecule has 1 aliphatic heterocycles. The number of ether oxygens (including phenoxy) is 1. The zero-order valence-electron chi connectivity index (χ0n) is 15.9. The molecule has 1 saturated heterocycles. The molecule has 0 aromatic heterocycles. The summed E-state index contributed by atoms with van der Waals surface area (Å²) >= 11 is 0. The molecule has 150 valence electrons. The number of nitrogens with one attached hydrogen (secondary N) is 1. The maximum absolute atomic E-state index is 12.4. The first-order chi connectivity index (χ1) is 11.4. The van der Waals surface area contributed by atoms with E-state index in [-0.39, 0.29) is 48.3 Å². The van der Waals surface area contributed by atoms with Gasteiger partial charge in [-0.15, -0.1) is 24.8 Å². The zero-order valence-corrected chi connectivity index (χ0v) is 17.6. The summed E-state index contributed by atoms with van der Waals surface area (Å²) in [6.45, 7) is 9.83. The second-order valence-electron chi connectivity index (χ2n) is 7.24. The van der Waals surface area contributed by atoms with E-state index in [1.54, 1.807) is 0 Å². The number of hydrogen-bond acceptors (Lipinski definition) is 4. The monoisotopic (exact) mass is 405 g/mol. The first-order valence-corrected chi connectivity index (χ1v) is 8.82. The number of nitrogens with two attached hydrogens (primary N) is 1. The van der Waals surface area contributed by atoms with Crippen LogP contribution < -0.4 is 11.1 Å². The molecular formula is C19H33Cl2N3O2. The molecule has 1 aliphatic rings. The molecule has 26 heavy (non-hydrogen) atoms. The van der Waals surface area contributed by atoms with Crippen molar-refractivity contribution in [1.29, 1.82) is 0 Å². The third-order valence-electron chi connectivity index (χ3n) is 5.01. The minimum atomic E-state index is -0.366. The lowest BCUT2D eigenvalue weighted by Gasteiger charge is -2.36. The van der Waals surface area contributed by atoms with Gasteiger partial charge in [0, 0.05) is 26.2 Å². The van der Waals surface area contributed by atoms with Gasteiger partial charge in [-0.1, -0.05) is 44.2 Å². The molecule has 1 aromatic carbocycles. The van der Waals surface area contributed by atoms with Crippen molar-refractivity contribution in [3.63, 3.8) is 0 Å². The molecule has 2 atom stereocenters. The number of halogens is 2. The third kappa shape index (κ3) is 7.41. The Balaban J connectivity index is 0.00000312. The summed E-state index contributed by atoms with van der Waals surface area (Å²) in [6, 6.07) is 10.4. The van der Waals surface area contributed by atoms with Crippen LogP contribution in [0, 0.1) is 5.92 Å². The van der Waals surface area contributed by atoms with Gasteiger partial charge in [-0.2, -0.15) is 0 Å². The summed E-state index contributed by atoms with van der Waals surface area (Å²) in [6.07, 6.45) is 0.324. The highest BCUT2D eigenvalue weighted by Gasteiger charge is 2.30. The highest BCUT2D eigenvalue weighted by Crippen LogP contribution is 2.17. The molecule has 0 spiro atoms. The number of rotatable bonds is 7. The minimum Gasteiger partial charge on any atom is -0.375 e. The summed E-state index contributed by atoms with van der Waals surface area (Å²) in [5.74, 6) is 0.302. The van der Waals surface area contributed by atoms with Crippen LogP contribution in [0.1, 0.15) is 32.8 Å². The number of carbonyl (C=O) groups excluding carboxylic acids is 1. The topological polar surface area (TPSA) is 67.6 Å². The number of carbonyl (C=O) groups is 1. The van der Waals surface area contributed by atoms with E-state index >= 15 is 0 Å². The quantitative estimate of drug-likeness (QED) is 0.731. The Hall–Kier alpha value is -0.850. The normalized spacial score (nSPS) is 19.8. The van der Waals surface area contributed by atoms with E-state index in [0.29, 0.717) is 19.6 Å². The predicted molar refractivity (Wildman–Crippen MR) is 111 cm³/mol. The molecule has 1 amide bonds. The lowest BCUT2D eigenvalue weighted by Crippen LogP contribution is -2.56. The highest BCUT2D eigenvalue weighted by atomic mass is 35.5. The molecule has 7 heteroatoms. The fourth-order valence-electron chi connectivity index (χ4n) is 2.90. The maximum Gasteiger partial charge on any atom is 0.223 e. The van der Waals surface area contributed by atoms with Crippen molar-refractivity contribution in [3.8, 4) is 0 Å². The van der Waals surface area contributed by atoms with Crippen LogP contribution in [0.25, 0.3) is 0 Å². The van der Waals surface area contributed by atoms with Gasteiger partial charge in [0.05, 0.1) is 24.7 Å². The maximum atomic E-state index is 12.4. The van der Waals surface area contributed by atoms with E-state index in [1.165, 1.54) is 5.56 Å². The van der Waals surface area contributed by atoms with Gasteiger partial charge in [0.2, 0.25) is 5.91 Å². The Kier molecular flexibility index (Phi) is 11.4. The first-order valence-electron chi connectivity index (χ1n) is 8.82. The first kappa shape index (κ1) is 25.1. The molecule has 2 unspecified atom stereocenters. The van der Waals surface area contributed by atoms with Crippen LogP contribution in [0.2, 0.25) is 0 Å². The van der Waals surface area contributed by atoms with Gasteiger partial charge < -0.3 is 15.8 Å². The molecule has 3 N–H and O–H groups in total. The Bertz CT molecular complexity index is 531. The summed E-state index contributed by atoms with van der Waals surface area (Å²) < 4.78 is 5.79. The van der Waals surface area contributed by atoms with Crippen LogP contribution >= 0.6 is 24.8 Å². The fourth-order valence-corrected chi connectivity index (χ4v) is 2.90. The molecule has 2 rings (SSSR count). The van der Waals surface area contributed by atoms with Gasteiger partial charge >= 0.3 is 0 Å². The second-order valence-corrected chi connectivity index (χ2v) is 7.24. The summed E-state index contributed by atoms with van der Waals surface area (Å²) in [7, 11) is 0. The van der Waals surface area contributed by atoms with Crippen LogP contribution in [0.3, 0.4) is 0 Å². The van der Waals surface area contributed by atoms with Gasteiger partial charge in [0.15, 0.2) is 0 Å². The van der Waals surface area contributed by atoms with Gasteiger partial charge in [0.1, 0.15) is 0 Å². The van der Waals surface area contributed by atoms with Crippen molar-refractivity contribution in [2.45, 2.75) is 45.4 Å². The van der Waals surface area contributed by atoms with E-state index in [2.05, 4.69) is 48.3 Å². The molecule has 1 fully saturated rings. The van der Waals surface area contributed by atoms with Crippen LogP contribution in [-0.4, -0.2) is 48.7 Å². The molecule has 0 aliphatic carbocycles. The molecular weight excluding hydrogens is 373 g/mol. The number of nitrogens with zero attached hydrogens (tertiary/aromatic N) is 1. The van der Waals surface area contributed by atoms with E-state index in [4.69, 9.17) is 10.5 Å². The Labute approximate surface area is 169 Å². The van der Waals surface area contributed by atoms with Crippen molar-refractivity contribution in [2.75, 3.05) is 26.2 Å². The molecule has 0 bridgehead atoms. The Morgan fingerprint density at radius 2 is 2.00 bits per heavy atom. The average Bonchev–Trinajstić information content (AvgIpc) is 2.55. The van der Waals surface area contributed by atoms with Crippen molar-refractivity contribution >= 4 is 30.7 Å². The number of amides is 1. The molecule has 5 nitrogen and oxygen atoms in total. The molecule has 0 saturated carbocycles. The minimum absolute atomic E-state index is 0. The standard InChI is InChI=1S/C19H31N3O2.2ClH/c1-15(2)19(3,14-20)21-18(23)11-17-13-22(9-10-24-17)12-16-7-5-4-6-8-16;;/h4-8,15,17H,9-14,20H2,1-3H3,(H,21,23);2*1H. The molecule has 1 heterocycles. The van der Waals surface area contributed by atoms with E-state index < -0.39 is 0 Å². The van der Waals surface area contributed by atoms with Crippen molar-refractivity contribution in [2.24, 2.45) is 11.7 Å². The van der Waals surface area contributed by atoms with Crippen LogP contribution in [-0.2, 0) is 16.1 Å². The number of hydrogen-bond donors (Lipinski definition) is 2. The fraction of sp³-hybridized carbons (Fsp3) is 0.632. The predicted octanol–water partition coefficient (Wildman–Crippen LogP) is 2.61. The third-order valence-corrected chi connectivity index (χ3v) is 5.01. The molecule has 1 aromatic rings. The highest BCUT2D eigenvalue weighted by molar-refractivity contribution is 5.85. The largest absolute Gasteiger partial charge is 0.375 e. The van der Waals surface area contributed by atoms with Gasteiger partial charge in [-0.25, -0.2) is 0 Å². The van der Waals surface area contributed by atoms with E-state index in [0.717, 1.165) is 19.6 Å². The van der Waals surface area contributed by atoms with E-state index in [1.807, 2.05) is 13.0 Å². The van der Waals surface area contributed by atoms with Crippen molar-refractivity contribution in [3.05, 3.63) is 35.9 Å². The smallest absolute Gasteiger partial charge is 0.223 e. The second kappa shape index (κ2) is 11.8. The Morgan fingerprint density at radius 3 is 2.58 bits per heavy atom. The summed E-state index contributed by atoms with van der Waals surface area (Å²) in [5, 5.41) is 3.09.